The summed E-state index contributed by atoms with van der Waals surface area (Å²) < 4.78 is 0. The molecule has 0 unspecified atom stereocenters. The van der Waals surface area contributed by atoms with Crippen molar-refractivity contribution in [1.29, 1.82) is 5.41 Å². The Morgan fingerprint density at radius 1 is 1.12 bits per heavy atom. The van der Waals surface area contributed by atoms with Crippen molar-refractivity contribution in [2.75, 3.05) is 0 Å². The SMILES string of the molecule is N=C(N)c1ccc2nc(-c3[nH]nc(-c4ccccc4)c3O)[nH]c2c1. The van der Waals surface area contributed by atoms with Gasteiger partial charge >= 0.3 is 0 Å². The molecule has 0 aliphatic carbocycles. The molecule has 0 bridgehead atoms. The number of rotatable bonds is 3. The van der Waals surface area contributed by atoms with E-state index in [2.05, 4.69) is 20.2 Å². The predicted molar refractivity (Wildman–Crippen MR) is 91.8 cm³/mol. The van der Waals surface area contributed by atoms with E-state index in [9.17, 15) is 5.11 Å². The maximum atomic E-state index is 10.5. The Kier molecular flexibility index (Phi) is 3.06. The van der Waals surface area contributed by atoms with E-state index in [1.807, 2.05) is 30.3 Å². The number of nitrogen functional groups attached to an aromatic ring is 1. The van der Waals surface area contributed by atoms with Crippen molar-refractivity contribution in [1.82, 2.24) is 20.2 Å². The number of aromatic amines is 2. The second-order valence-electron chi connectivity index (χ2n) is 5.39. The summed E-state index contributed by atoms with van der Waals surface area (Å²) in [6, 6.07) is 14.7. The minimum Gasteiger partial charge on any atom is -0.504 e. The van der Waals surface area contributed by atoms with Crippen LogP contribution in [0.4, 0.5) is 0 Å². The standard InChI is InChI=1S/C17H14N6O/c18-16(19)10-6-7-11-12(8-10)21-17(20-11)14-15(24)13(22-23-14)9-4-2-1-3-5-9/h1-8,24H,(H3,18,19)(H,20,21)(H,22,23). The molecular weight excluding hydrogens is 304 g/mol. The van der Waals surface area contributed by atoms with Gasteiger partial charge in [-0.25, -0.2) is 4.98 Å². The first kappa shape index (κ1) is 14.0. The lowest BCUT2D eigenvalue weighted by molar-refractivity contribution is 0.479. The molecule has 24 heavy (non-hydrogen) atoms. The third-order valence-corrected chi connectivity index (χ3v) is 3.82. The van der Waals surface area contributed by atoms with Crippen molar-refractivity contribution in [3.8, 4) is 28.5 Å². The number of hydrogen-bond acceptors (Lipinski definition) is 4. The van der Waals surface area contributed by atoms with Crippen LogP contribution in [0, 0.1) is 5.41 Å². The van der Waals surface area contributed by atoms with Gasteiger partial charge in [0.25, 0.3) is 0 Å². The maximum absolute atomic E-state index is 10.5. The fourth-order valence-corrected chi connectivity index (χ4v) is 2.59. The molecule has 2 heterocycles. The summed E-state index contributed by atoms with van der Waals surface area (Å²) >= 11 is 0. The molecule has 0 aliphatic heterocycles. The van der Waals surface area contributed by atoms with Crippen LogP contribution in [0.1, 0.15) is 5.56 Å². The lowest BCUT2D eigenvalue weighted by Gasteiger charge is -1.97. The molecule has 6 N–H and O–H groups in total. The molecule has 0 fully saturated rings. The van der Waals surface area contributed by atoms with E-state index < -0.39 is 0 Å². The van der Waals surface area contributed by atoms with Crippen molar-refractivity contribution in [2.24, 2.45) is 5.73 Å². The first-order valence-electron chi connectivity index (χ1n) is 7.31. The highest BCUT2D eigenvalue weighted by Gasteiger charge is 2.18. The Morgan fingerprint density at radius 3 is 2.67 bits per heavy atom. The number of fused-ring (bicyclic) bond motifs is 1. The topological polar surface area (TPSA) is 127 Å². The number of nitrogens with two attached hydrogens (primary N) is 1. The van der Waals surface area contributed by atoms with Gasteiger partial charge in [0.1, 0.15) is 17.2 Å². The molecule has 0 amide bonds. The lowest BCUT2D eigenvalue weighted by atomic mass is 10.1. The highest BCUT2D eigenvalue weighted by molar-refractivity contribution is 5.98. The molecular formula is C17H14N6O. The number of imidazole rings is 1. The number of amidine groups is 1. The monoisotopic (exact) mass is 318 g/mol. The molecule has 0 spiro atoms. The Bertz CT molecular complexity index is 1050. The van der Waals surface area contributed by atoms with E-state index in [0.29, 0.717) is 28.3 Å². The number of H-pyrrole nitrogens is 2. The Hall–Kier alpha value is -3.61. The number of benzene rings is 2. The van der Waals surface area contributed by atoms with E-state index in [1.54, 1.807) is 18.2 Å². The second kappa shape index (κ2) is 5.24. The van der Waals surface area contributed by atoms with Gasteiger partial charge in [-0.1, -0.05) is 30.3 Å². The van der Waals surface area contributed by atoms with Crippen LogP contribution in [0.25, 0.3) is 33.8 Å². The van der Waals surface area contributed by atoms with Crippen molar-refractivity contribution in [3.05, 3.63) is 54.1 Å². The number of aromatic hydroxyl groups is 1. The van der Waals surface area contributed by atoms with E-state index in [1.165, 1.54) is 0 Å². The van der Waals surface area contributed by atoms with Crippen LogP contribution in [-0.2, 0) is 0 Å². The quantitative estimate of drug-likeness (QED) is 0.294. The molecule has 7 heteroatoms. The summed E-state index contributed by atoms with van der Waals surface area (Å²) in [7, 11) is 0. The van der Waals surface area contributed by atoms with Crippen molar-refractivity contribution >= 4 is 16.9 Å². The van der Waals surface area contributed by atoms with E-state index >= 15 is 0 Å². The molecule has 118 valence electrons. The van der Waals surface area contributed by atoms with E-state index in [4.69, 9.17) is 11.1 Å². The number of aromatic nitrogens is 4. The lowest BCUT2D eigenvalue weighted by Crippen LogP contribution is -2.10. The fourth-order valence-electron chi connectivity index (χ4n) is 2.59. The number of hydrogen-bond donors (Lipinski definition) is 5. The van der Waals surface area contributed by atoms with Gasteiger partial charge in [0.05, 0.1) is 11.0 Å². The van der Waals surface area contributed by atoms with Crippen LogP contribution in [-0.4, -0.2) is 31.1 Å². The molecule has 0 aliphatic rings. The summed E-state index contributed by atoms with van der Waals surface area (Å²) in [5.74, 6) is 0.494. The van der Waals surface area contributed by atoms with Crippen LogP contribution in [0.15, 0.2) is 48.5 Å². The summed E-state index contributed by atoms with van der Waals surface area (Å²) in [5, 5.41) is 25.0. The minimum absolute atomic E-state index is 0.0104. The molecule has 2 aromatic carbocycles. The largest absolute Gasteiger partial charge is 0.504 e. The Morgan fingerprint density at radius 2 is 1.92 bits per heavy atom. The van der Waals surface area contributed by atoms with Gasteiger partial charge < -0.3 is 15.8 Å². The Balaban J connectivity index is 1.81. The molecule has 2 aromatic heterocycles. The highest BCUT2D eigenvalue weighted by atomic mass is 16.3. The van der Waals surface area contributed by atoms with Crippen LogP contribution in [0.5, 0.6) is 5.75 Å². The number of nitrogens with zero attached hydrogens (tertiary/aromatic N) is 2. The van der Waals surface area contributed by atoms with Crippen molar-refractivity contribution < 1.29 is 5.11 Å². The summed E-state index contributed by atoms with van der Waals surface area (Å²) in [6.45, 7) is 0. The average Bonchev–Trinajstić information content (AvgIpc) is 3.17. The second-order valence-corrected chi connectivity index (χ2v) is 5.39. The van der Waals surface area contributed by atoms with Crippen molar-refractivity contribution in [3.63, 3.8) is 0 Å². The zero-order valence-corrected chi connectivity index (χ0v) is 12.5. The van der Waals surface area contributed by atoms with Crippen LogP contribution >= 0.6 is 0 Å². The first-order valence-corrected chi connectivity index (χ1v) is 7.31. The van der Waals surface area contributed by atoms with Gasteiger partial charge in [-0.3, -0.25) is 10.5 Å². The summed E-state index contributed by atoms with van der Waals surface area (Å²) in [6.07, 6.45) is 0. The third-order valence-electron chi connectivity index (χ3n) is 3.82. The molecule has 0 atom stereocenters. The third kappa shape index (κ3) is 2.19. The fraction of sp³-hybridized carbons (Fsp3) is 0. The van der Waals surface area contributed by atoms with Crippen LogP contribution < -0.4 is 5.73 Å². The van der Waals surface area contributed by atoms with E-state index in [0.717, 1.165) is 11.1 Å². The smallest absolute Gasteiger partial charge is 0.172 e. The zero-order chi connectivity index (χ0) is 16.7. The first-order chi connectivity index (χ1) is 11.6. The van der Waals surface area contributed by atoms with E-state index in [-0.39, 0.29) is 11.6 Å². The van der Waals surface area contributed by atoms with Gasteiger partial charge in [-0.2, -0.15) is 5.10 Å². The molecule has 0 saturated carbocycles. The van der Waals surface area contributed by atoms with Crippen LogP contribution in [0.3, 0.4) is 0 Å². The molecule has 4 aromatic rings. The van der Waals surface area contributed by atoms with Gasteiger partial charge in [-0.15, -0.1) is 0 Å². The Labute approximate surface area is 136 Å². The normalized spacial score (nSPS) is 11.0. The number of nitrogens with one attached hydrogen (secondary N) is 3. The summed E-state index contributed by atoms with van der Waals surface area (Å²) in [5.41, 5.74) is 9.25. The molecule has 4 rings (SSSR count). The highest BCUT2D eigenvalue weighted by Crippen LogP contribution is 2.35. The maximum Gasteiger partial charge on any atom is 0.172 e. The molecule has 7 nitrogen and oxygen atoms in total. The van der Waals surface area contributed by atoms with Gasteiger partial charge in [0, 0.05) is 11.1 Å². The van der Waals surface area contributed by atoms with Gasteiger partial charge in [0.15, 0.2) is 11.6 Å². The predicted octanol–water partition coefficient (Wildman–Crippen LogP) is 2.61. The molecule has 0 radical (unpaired) electrons. The molecule has 0 saturated heterocycles. The van der Waals surface area contributed by atoms with Gasteiger partial charge in [0.2, 0.25) is 0 Å². The zero-order valence-electron chi connectivity index (χ0n) is 12.5. The summed E-state index contributed by atoms with van der Waals surface area (Å²) in [4.78, 5) is 7.57. The average molecular weight is 318 g/mol. The van der Waals surface area contributed by atoms with Gasteiger partial charge in [-0.05, 0) is 18.2 Å². The van der Waals surface area contributed by atoms with Crippen LogP contribution in [0.2, 0.25) is 0 Å². The van der Waals surface area contributed by atoms with Crippen molar-refractivity contribution in [2.45, 2.75) is 0 Å². The minimum atomic E-state index is -0.0104.